The van der Waals surface area contributed by atoms with E-state index in [-0.39, 0.29) is 41.6 Å². The van der Waals surface area contributed by atoms with E-state index in [9.17, 15) is 9.50 Å². The highest BCUT2D eigenvalue weighted by atomic mass is 35.5. The molecule has 1 aromatic carbocycles. The number of H-pyrrole nitrogens is 1. The molecule has 0 atom stereocenters. The number of hydrogen-bond acceptors (Lipinski definition) is 6. The van der Waals surface area contributed by atoms with Crippen LogP contribution in [0.25, 0.3) is 22.4 Å². The van der Waals surface area contributed by atoms with Gasteiger partial charge < -0.3 is 15.3 Å². The van der Waals surface area contributed by atoms with Crippen LogP contribution in [0.4, 0.5) is 10.2 Å². The topological polar surface area (TPSA) is 90.0 Å². The SMILES string of the molecule is CN(c1cnc(-c2ccc(-c3c[nH]nc3F)cc2O)cn1)C1CC(C)(C)NC(C)(C)C1.Cl.Cl. The third-order valence-corrected chi connectivity index (χ3v) is 5.89. The molecular formula is C23H31Cl2FN6O. The number of benzene rings is 1. The van der Waals surface area contributed by atoms with E-state index in [1.54, 1.807) is 24.5 Å². The van der Waals surface area contributed by atoms with Crippen LogP contribution in [0.15, 0.2) is 36.8 Å². The molecule has 0 saturated carbocycles. The van der Waals surface area contributed by atoms with Gasteiger partial charge in [0.15, 0.2) is 0 Å². The van der Waals surface area contributed by atoms with Gasteiger partial charge in [0.25, 0.3) is 0 Å². The minimum atomic E-state index is -0.608. The number of phenols is 1. The first-order valence-corrected chi connectivity index (χ1v) is 10.4. The van der Waals surface area contributed by atoms with E-state index in [0.717, 1.165) is 18.7 Å². The molecular weight excluding hydrogens is 466 g/mol. The Kier molecular flexibility index (Phi) is 7.99. The number of piperidine rings is 1. The lowest BCUT2D eigenvalue weighted by Crippen LogP contribution is -2.62. The molecule has 0 unspecified atom stereocenters. The molecule has 1 fully saturated rings. The van der Waals surface area contributed by atoms with E-state index < -0.39 is 5.95 Å². The van der Waals surface area contributed by atoms with Crippen LogP contribution in [-0.2, 0) is 0 Å². The third kappa shape index (κ3) is 5.75. The summed E-state index contributed by atoms with van der Waals surface area (Å²) in [6.07, 6.45) is 6.86. The maximum Gasteiger partial charge on any atom is 0.240 e. The van der Waals surface area contributed by atoms with Crippen molar-refractivity contribution in [3.05, 3.63) is 42.7 Å². The Morgan fingerprint density at radius 3 is 2.21 bits per heavy atom. The van der Waals surface area contributed by atoms with Crippen molar-refractivity contribution in [1.29, 1.82) is 0 Å². The normalized spacial score (nSPS) is 17.0. The van der Waals surface area contributed by atoms with Gasteiger partial charge in [-0.2, -0.15) is 4.39 Å². The Morgan fingerprint density at radius 1 is 1.03 bits per heavy atom. The van der Waals surface area contributed by atoms with E-state index in [1.807, 2.05) is 0 Å². The van der Waals surface area contributed by atoms with E-state index in [1.165, 1.54) is 12.3 Å². The van der Waals surface area contributed by atoms with Gasteiger partial charge >= 0.3 is 0 Å². The standard InChI is InChI=1S/C23H29FN6O.2ClH/c1-22(2)9-15(10-23(3,4)29-22)30(5)20-13-25-18(12-26-20)16-7-6-14(8-19(16)31)17-11-27-28-21(17)24;;/h6-8,11-13,15,29,31H,9-10H2,1-5H3,(H,27,28);2*1H. The van der Waals surface area contributed by atoms with Crippen molar-refractivity contribution < 1.29 is 9.50 Å². The van der Waals surface area contributed by atoms with Gasteiger partial charge in [-0.3, -0.25) is 10.1 Å². The summed E-state index contributed by atoms with van der Waals surface area (Å²) in [5, 5.41) is 20.2. The summed E-state index contributed by atoms with van der Waals surface area (Å²) >= 11 is 0. The molecule has 0 amide bonds. The van der Waals surface area contributed by atoms with Crippen LogP contribution in [0.1, 0.15) is 40.5 Å². The van der Waals surface area contributed by atoms with Crippen molar-refractivity contribution in [3.63, 3.8) is 0 Å². The molecule has 4 rings (SSSR count). The Morgan fingerprint density at radius 2 is 1.70 bits per heavy atom. The first kappa shape index (κ1) is 26.8. The maximum absolute atomic E-state index is 13.7. The zero-order chi connectivity index (χ0) is 22.4. The number of nitrogens with one attached hydrogen (secondary N) is 2. The van der Waals surface area contributed by atoms with Crippen LogP contribution in [0.3, 0.4) is 0 Å². The summed E-state index contributed by atoms with van der Waals surface area (Å²) in [6.45, 7) is 8.91. The summed E-state index contributed by atoms with van der Waals surface area (Å²) in [6, 6.07) is 5.28. The van der Waals surface area contributed by atoms with Crippen LogP contribution in [0, 0.1) is 5.95 Å². The van der Waals surface area contributed by atoms with Gasteiger partial charge in [0.1, 0.15) is 11.6 Å². The molecule has 1 aliphatic rings. The zero-order valence-corrected chi connectivity index (χ0v) is 21.0. The van der Waals surface area contributed by atoms with E-state index >= 15 is 0 Å². The van der Waals surface area contributed by atoms with Crippen molar-refractivity contribution in [3.8, 4) is 28.1 Å². The Bertz CT molecular complexity index is 1070. The average molecular weight is 497 g/mol. The first-order chi connectivity index (χ1) is 14.5. The molecule has 10 heteroatoms. The Hall–Kier alpha value is -2.42. The van der Waals surface area contributed by atoms with Crippen LogP contribution in [0.2, 0.25) is 0 Å². The monoisotopic (exact) mass is 496 g/mol. The fraction of sp³-hybridized carbons (Fsp3) is 0.435. The average Bonchev–Trinajstić information content (AvgIpc) is 3.11. The fourth-order valence-corrected chi connectivity index (χ4v) is 4.76. The lowest BCUT2D eigenvalue weighted by Gasteiger charge is -2.49. The van der Waals surface area contributed by atoms with E-state index in [4.69, 9.17) is 0 Å². The first-order valence-electron chi connectivity index (χ1n) is 10.4. The van der Waals surface area contributed by atoms with Crippen molar-refractivity contribution >= 4 is 30.6 Å². The van der Waals surface area contributed by atoms with Gasteiger partial charge in [0.05, 0.1) is 23.7 Å². The molecule has 3 heterocycles. The molecule has 7 nitrogen and oxygen atoms in total. The van der Waals surface area contributed by atoms with Gasteiger partial charge in [-0.25, -0.2) is 4.98 Å². The van der Waals surface area contributed by atoms with Crippen molar-refractivity contribution in [2.45, 2.75) is 57.7 Å². The largest absolute Gasteiger partial charge is 0.507 e. The molecule has 0 bridgehead atoms. The zero-order valence-electron chi connectivity index (χ0n) is 19.4. The second kappa shape index (κ2) is 9.83. The van der Waals surface area contributed by atoms with E-state index in [0.29, 0.717) is 28.4 Å². The number of aromatic hydroxyl groups is 1. The van der Waals surface area contributed by atoms with Gasteiger partial charge in [0, 0.05) is 35.9 Å². The molecule has 3 N–H and O–H groups in total. The molecule has 2 aromatic heterocycles. The number of aromatic amines is 1. The quantitative estimate of drug-likeness (QED) is 0.472. The number of rotatable bonds is 4. The molecule has 1 aliphatic heterocycles. The molecule has 0 spiro atoms. The number of nitrogens with zero attached hydrogens (tertiary/aromatic N) is 4. The van der Waals surface area contributed by atoms with E-state index in [2.05, 4.69) is 65.1 Å². The highest BCUT2D eigenvalue weighted by Gasteiger charge is 2.39. The highest BCUT2D eigenvalue weighted by molar-refractivity contribution is 5.85. The van der Waals surface area contributed by atoms with Gasteiger partial charge in [-0.15, -0.1) is 29.9 Å². The van der Waals surface area contributed by atoms with Gasteiger partial charge in [-0.1, -0.05) is 6.07 Å². The number of aromatic nitrogens is 4. The van der Waals surface area contributed by atoms with Crippen LogP contribution in [-0.4, -0.2) is 49.4 Å². The highest BCUT2D eigenvalue weighted by Crippen LogP contribution is 2.35. The van der Waals surface area contributed by atoms with Gasteiger partial charge in [0.2, 0.25) is 5.95 Å². The maximum atomic E-state index is 13.7. The number of halogens is 3. The minimum Gasteiger partial charge on any atom is -0.507 e. The van der Waals surface area contributed by atoms with Gasteiger partial charge in [-0.05, 0) is 58.2 Å². The lowest BCUT2D eigenvalue weighted by atomic mass is 9.79. The summed E-state index contributed by atoms with van der Waals surface area (Å²) in [4.78, 5) is 11.3. The van der Waals surface area contributed by atoms with Crippen molar-refractivity contribution in [2.24, 2.45) is 0 Å². The Labute approximate surface area is 206 Å². The fourth-order valence-electron chi connectivity index (χ4n) is 4.76. The van der Waals surface area contributed by atoms with Crippen molar-refractivity contribution in [2.75, 3.05) is 11.9 Å². The molecule has 3 aromatic rings. The number of hydrogen-bond donors (Lipinski definition) is 3. The lowest BCUT2D eigenvalue weighted by molar-refractivity contribution is 0.160. The van der Waals surface area contributed by atoms with Crippen LogP contribution < -0.4 is 10.2 Å². The molecule has 0 radical (unpaired) electrons. The minimum absolute atomic E-state index is 0. The smallest absolute Gasteiger partial charge is 0.240 e. The van der Waals surface area contributed by atoms with Crippen LogP contribution in [0.5, 0.6) is 5.75 Å². The number of anilines is 1. The second-order valence-corrected chi connectivity index (χ2v) is 9.65. The summed E-state index contributed by atoms with van der Waals surface area (Å²) in [5.41, 5.74) is 2.01. The molecule has 0 aliphatic carbocycles. The second-order valence-electron chi connectivity index (χ2n) is 9.65. The summed E-state index contributed by atoms with van der Waals surface area (Å²) in [7, 11) is 2.05. The number of phenolic OH excluding ortho intramolecular Hbond substituents is 1. The van der Waals surface area contributed by atoms with Crippen LogP contribution >= 0.6 is 24.8 Å². The van der Waals surface area contributed by atoms with Crippen molar-refractivity contribution in [1.82, 2.24) is 25.5 Å². The third-order valence-electron chi connectivity index (χ3n) is 5.89. The predicted molar refractivity (Wildman–Crippen MR) is 134 cm³/mol. The predicted octanol–water partition coefficient (Wildman–Crippen LogP) is 4.97. The molecule has 1 saturated heterocycles. The molecule has 180 valence electrons. The summed E-state index contributed by atoms with van der Waals surface area (Å²) in [5.74, 6) is 0.192. The molecule has 33 heavy (non-hydrogen) atoms. The summed E-state index contributed by atoms with van der Waals surface area (Å²) < 4.78 is 13.7. The Balaban J connectivity index is 0.00000193.